The van der Waals surface area contributed by atoms with E-state index < -0.39 is 5.60 Å². The highest BCUT2D eigenvalue weighted by Gasteiger charge is 2.42. The van der Waals surface area contributed by atoms with Crippen molar-refractivity contribution < 1.29 is 9.90 Å². The van der Waals surface area contributed by atoms with Crippen LogP contribution in [0.5, 0.6) is 0 Å². The number of carbonyl (C=O) groups is 1. The van der Waals surface area contributed by atoms with Crippen molar-refractivity contribution in [3.8, 4) is 0 Å². The maximum Gasteiger partial charge on any atom is 0.254 e. The molecule has 1 fully saturated rings. The Morgan fingerprint density at radius 1 is 1.35 bits per heavy atom. The van der Waals surface area contributed by atoms with Gasteiger partial charge >= 0.3 is 0 Å². The molecule has 0 atom stereocenters. The first-order valence-corrected chi connectivity index (χ1v) is 6.12. The third kappa shape index (κ3) is 2.50. The molecule has 17 heavy (non-hydrogen) atoms. The summed E-state index contributed by atoms with van der Waals surface area (Å²) in [5.74, 6) is 0.0192. The van der Waals surface area contributed by atoms with Crippen molar-refractivity contribution in [3.05, 3.63) is 35.4 Å². The molecule has 1 aromatic rings. The summed E-state index contributed by atoms with van der Waals surface area (Å²) in [6, 6.07) is 7.56. The zero-order valence-electron chi connectivity index (χ0n) is 10.4. The zero-order valence-corrected chi connectivity index (χ0v) is 10.4. The van der Waals surface area contributed by atoms with E-state index in [9.17, 15) is 9.90 Å². The van der Waals surface area contributed by atoms with Crippen LogP contribution in [0.4, 0.5) is 0 Å². The van der Waals surface area contributed by atoms with Gasteiger partial charge in [-0.25, -0.2) is 0 Å². The lowest BCUT2D eigenvalue weighted by molar-refractivity contribution is -0.0860. The van der Waals surface area contributed by atoms with Crippen molar-refractivity contribution in [1.29, 1.82) is 0 Å². The highest BCUT2D eigenvalue weighted by Crippen LogP contribution is 2.27. The number of hydrogen-bond acceptors (Lipinski definition) is 2. The summed E-state index contributed by atoms with van der Waals surface area (Å²) in [5.41, 5.74) is 1.21. The molecule has 92 valence electrons. The van der Waals surface area contributed by atoms with Gasteiger partial charge in [0.25, 0.3) is 5.91 Å². The SMILES string of the molecule is CCCC1(O)CN(C(=O)c2ccc(C)cc2)C1. The van der Waals surface area contributed by atoms with Crippen LogP contribution in [0.1, 0.15) is 35.7 Å². The van der Waals surface area contributed by atoms with Gasteiger partial charge in [-0.3, -0.25) is 4.79 Å². The van der Waals surface area contributed by atoms with Gasteiger partial charge in [0.05, 0.1) is 18.7 Å². The smallest absolute Gasteiger partial charge is 0.254 e. The number of benzene rings is 1. The van der Waals surface area contributed by atoms with Crippen molar-refractivity contribution in [1.82, 2.24) is 4.90 Å². The van der Waals surface area contributed by atoms with Gasteiger partial charge in [0.2, 0.25) is 0 Å². The van der Waals surface area contributed by atoms with Crippen molar-refractivity contribution in [2.75, 3.05) is 13.1 Å². The van der Waals surface area contributed by atoms with Gasteiger partial charge in [-0.05, 0) is 25.5 Å². The van der Waals surface area contributed by atoms with Crippen LogP contribution < -0.4 is 0 Å². The van der Waals surface area contributed by atoms with Crippen molar-refractivity contribution in [2.24, 2.45) is 0 Å². The number of aryl methyl sites for hydroxylation is 1. The molecule has 0 aromatic heterocycles. The predicted molar refractivity (Wildman–Crippen MR) is 66.9 cm³/mol. The molecule has 1 aliphatic heterocycles. The minimum atomic E-state index is -0.644. The highest BCUT2D eigenvalue weighted by atomic mass is 16.3. The molecule has 1 amide bonds. The average molecular weight is 233 g/mol. The Bertz CT molecular complexity index is 405. The number of amides is 1. The maximum absolute atomic E-state index is 12.0. The Labute approximate surface area is 102 Å². The lowest BCUT2D eigenvalue weighted by Gasteiger charge is -2.46. The molecular formula is C14H19NO2. The van der Waals surface area contributed by atoms with Crippen LogP contribution in [0.2, 0.25) is 0 Å². The normalized spacial score (nSPS) is 17.7. The number of carbonyl (C=O) groups excluding carboxylic acids is 1. The summed E-state index contributed by atoms with van der Waals surface area (Å²) < 4.78 is 0. The molecule has 1 saturated heterocycles. The van der Waals surface area contributed by atoms with Gasteiger partial charge in [-0.15, -0.1) is 0 Å². The lowest BCUT2D eigenvalue weighted by atomic mass is 9.88. The van der Waals surface area contributed by atoms with Crippen LogP contribution in [-0.4, -0.2) is 34.6 Å². The first kappa shape index (κ1) is 12.1. The van der Waals surface area contributed by atoms with E-state index in [1.807, 2.05) is 38.1 Å². The molecule has 1 aliphatic rings. The molecule has 3 heteroatoms. The van der Waals surface area contributed by atoms with E-state index in [0.717, 1.165) is 18.4 Å². The van der Waals surface area contributed by atoms with E-state index in [2.05, 4.69) is 0 Å². The third-order valence-corrected chi connectivity index (χ3v) is 3.27. The van der Waals surface area contributed by atoms with E-state index >= 15 is 0 Å². The van der Waals surface area contributed by atoms with Crippen LogP contribution in [0, 0.1) is 6.92 Å². The Hall–Kier alpha value is -1.35. The molecule has 1 N–H and O–H groups in total. The third-order valence-electron chi connectivity index (χ3n) is 3.27. The summed E-state index contributed by atoms with van der Waals surface area (Å²) in [6.07, 6.45) is 1.72. The van der Waals surface area contributed by atoms with E-state index in [0.29, 0.717) is 18.7 Å². The number of β-amino-alcohol motifs (C(OH)–C–C–N with tert-alkyl or cyclic N) is 1. The first-order chi connectivity index (χ1) is 8.04. The van der Waals surface area contributed by atoms with Gasteiger partial charge in [0.15, 0.2) is 0 Å². The lowest BCUT2D eigenvalue weighted by Crippen LogP contribution is -2.63. The fourth-order valence-electron chi connectivity index (χ4n) is 2.31. The van der Waals surface area contributed by atoms with E-state index in [1.165, 1.54) is 0 Å². The van der Waals surface area contributed by atoms with Crippen LogP contribution in [-0.2, 0) is 0 Å². The first-order valence-electron chi connectivity index (χ1n) is 6.12. The van der Waals surface area contributed by atoms with Crippen LogP contribution in [0.3, 0.4) is 0 Å². The molecule has 0 spiro atoms. The van der Waals surface area contributed by atoms with Crippen molar-refractivity contribution in [2.45, 2.75) is 32.3 Å². The Morgan fingerprint density at radius 2 is 1.94 bits per heavy atom. The zero-order chi connectivity index (χ0) is 12.5. The molecule has 2 rings (SSSR count). The van der Waals surface area contributed by atoms with Gasteiger partial charge in [0, 0.05) is 5.56 Å². The fourth-order valence-corrected chi connectivity index (χ4v) is 2.31. The molecule has 0 bridgehead atoms. The fraction of sp³-hybridized carbons (Fsp3) is 0.500. The molecule has 3 nitrogen and oxygen atoms in total. The standard InChI is InChI=1S/C14H19NO2/c1-3-8-14(17)9-15(10-14)13(16)12-6-4-11(2)5-7-12/h4-7,17H,3,8-10H2,1-2H3. The van der Waals surface area contributed by atoms with Crippen LogP contribution >= 0.6 is 0 Å². The van der Waals surface area contributed by atoms with Gasteiger partial charge in [-0.1, -0.05) is 31.0 Å². The second kappa shape index (κ2) is 4.49. The van der Waals surface area contributed by atoms with Gasteiger partial charge < -0.3 is 10.0 Å². The summed E-state index contributed by atoms with van der Waals surface area (Å²) in [5, 5.41) is 10.0. The van der Waals surface area contributed by atoms with E-state index in [1.54, 1.807) is 4.90 Å². The van der Waals surface area contributed by atoms with Gasteiger partial charge in [-0.2, -0.15) is 0 Å². The number of nitrogens with zero attached hydrogens (tertiary/aromatic N) is 1. The molecule has 0 saturated carbocycles. The molecule has 0 aliphatic carbocycles. The summed E-state index contributed by atoms with van der Waals surface area (Å²) in [6.45, 7) is 4.97. The van der Waals surface area contributed by atoms with Crippen molar-refractivity contribution >= 4 is 5.91 Å². The molecule has 0 unspecified atom stereocenters. The minimum Gasteiger partial charge on any atom is -0.386 e. The highest BCUT2D eigenvalue weighted by molar-refractivity contribution is 5.95. The monoisotopic (exact) mass is 233 g/mol. The van der Waals surface area contributed by atoms with Crippen LogP contribution in [0.25, 0.3) is 0 Å². The topological polar surface area (TPSA) is 40.5 Å². The quantitative estimate of drug-likeness (QED) is 0.867. The average Bonchev–Trinajstić information content (AvgIpc) is 2.26. The Kier molecular flexibility index (Phi) is 3.20. The largest absolute Gasteiger partial charge is 0.386 e. The maximum atomic E-state index is 12.0. The summed E-state index contributed by atoms with van der Waals surface area (Å²) in [4.78, 5) is 13.8. The molecule has 1 heterocycles. The molecular weight excluding hydrogens is 214 g/mol. The number of likely N-dealkylation sites (tertiary alicyclic amines) is 1. The Balaban J connectivity index is 1.97. The number of aliphatic hydroxyl groups is 1. The number of rotatable bonds is 3. The molecule has 1 aromatic carbocycles. The Morgan fingerprint density at radius 3 is 2.47 bits per heavy atom. The van der Waals surface area contributed by atoms with Crippen LogP contribution in [0.15, 0.2) is 24.3 Å². The molecule has 0 radical (unpaired) electrons. The van der Waals surface area contributed by atoms with Gasteiger partial charge in [0.1, 0.15) is 0 Å². The van der Waals surface area contributed by atoms with E-state index in [4.69, 9.17) is 0 Å². The number of hydrogen-bond donors (Lipinski definition) is 1. The summed E-state index contributed by atoms with van der Waals surface area (Å²) in [7, 11) is 0. The van der Waals surface area contributed by atoms with E-state index in [-0.39, 0.29) is 5.91 Å². The predicted octanol–water partition coefficient (Wildman–Crippen LogP) is 1.98. The summed E-state index contributed by atoms with van der Waals surface area (Å²) >= 11 is 0. The second-order valence-electron chi connectivity index (χ2n) is 5.00. The second-order valence-corrected chi connectivity index (χ2v) is 5.00. The minimum absolute atomic E-state index is 0.0192. The van der Waals surface area contributed by atoms with Crippen molar-refractivity contribution in [3.63, 3.8) is 0 Å².